The molecule has 2 aromatic carbocycles. The summed E-state index contributed by atoms with van der Waals surface area (Å²) in [6, 6.07) is 9.62. The molecular formula is C22H24N2O5. The van der Waals surface area contributed by atoms with Gasteiger partial charge in [0.25, 0.3) is 5.69 Å². The molecule has 1 fully saturated rings. The Balaban J connectivity index is 1.77. The number of carbonyl (C=O) groups is 2. The minimum absolute atomic E-state index is 0.0550. The second-order valence-corrected chi connectivity index (χ2v) is 7.37. The van der Waals surface area contributed by atoms with E-state index >= 15 is 0 Å². The summed E-state index contributed by atoms with van der Waals surface area (Å²) in [6.45, 7) is 6.87. The Kier molecular flexibility index (Phi) is 5.96. The number of ether oxygens (including phenoxy) is 1. The summed E-state index contributed by atoms with van der Waals surface area (Å²) in [5, 5.41) is 11.5. The molecule has 0 amide bonds. The third-order valence-corrected chi connectivity index (χ3v) is 5.30. The first-order valence-electron chi connectivity index (χ1n) is 9.63. The Bertz CT molecular complexity index is 964. The highest BCUT2D eigenvalue weighted by molar-refractivity contribution is 6.01. The maximum absolute atomic E-state index is 12.6. The number of nitrogens with zero attached hydrogens (tertiary/aromatic N) is 2. The molecule has 29 heavy (non-hydrogen) atoms. The molecule has 0 bridgehead atoms. The van der Waals surface area contributed by atoms with Crippen molar-refractivity contribution in [2.24, 2.45) is 0 Å². The lowest BCUT2D eigenvalue weighted by Gasteiger charge is -2.18. The third kappa shape index (κ3) is 4.45. The van der Waals surface area contributed by atoms with Crippen LogP contribution in [0, 0.1) is 24.0 Å². The molecule has 0 saturated carbocycles. The predicted octanol–water partition coefficient (Wildman–Crippen LogP) is 4.24. The number of nitro benzene ring substituents is 1. The van der Waals surface area contributed by atoms with Gasteiger partial charge < -0.3 is 9.64 Å². The van der Waals surface area contributed by atoms with Crippen molar-refractivity contribution in [3.05, 3.63) is 68.8 Å². The molecule has 3 rings (SSSR count). The van der Waals surface area contributed by atoms with E-state index in [0.717, 1.165) is 37.1 Å². The van der Waals surface area contributed by atoms with Crippen molar-refractivity contribution in [1.82, 2.24) is 0 Å². The highest BCUT2D eigenvalue weighted by Crippen LogP contribution is 2.32. The quantitative estimate of drug-likeness (QED) is 0.314. The summed E-state index contributed by atoms with van der Waals surface area (Å²) in [5.74, 6) is -1.07. The zero-order chi connectivity index (χ0) is 21.1. The Hall–Kier alpha value is -3.22. The maximum Gasteiger partial charge on any atom is 0.339 e. The first-order valence-corrected chi connectivity index (χ1v) is 9.63. The summed E-state index contributed by atoms with van der Waals surface area (Å²) in [5.41, 5.74) is 2.93. The maximum atomic E-state index is 12.6. The number of carbonyl (C=O) groups excluding carboxylic acids is 2. The summed E-state index contributed by atoms with van der Waals surface area (Å²) in [7, 11) is 0. The molecule has 0 spiro atoms. The lowest BCUT2D eigenvalue weighted by molar-refractivity contribution is -0.384. The molecule has 0 aromatic heterocycles. The second kappa shape index (κ2) is 8.43. The molecule has 1 heterocycles. The van der Waals surface area contributed by atoms with Crippen LogP contribution in [0.3, 0.4) is 0 Å². The van der Waals surface area contributed by atoms with Crippen molar-refractivity contribution < 1.29 is 19.2 Å². The van der Waals surface area contributed by atoms with E-state index in [1.807, 2.05) is 24.8 Å². The number of ketones is 1. The first-order chi connectivity index (χ1) is 13.8. The fourth-order valence-corrected chi connectivity index (χ4v) is 3.43. The van der Waals surface area contributed by atoms with E-state index in [2.05, 4.69) is 0 Å². The van der Waals surface area contributed by atoms with Gasteiger partial charge in [0.05, 0.1) is 10.5 Å². The number of Topliss-reactive ketones (excluding diaryl/α,β-unsaturated/α-hetero) is 1. The predicted molar refractivity (Wildman–Crippen MR) is 110 cm³/mol. The van der Waals surface area contributed by atoms with Crippen LogP contribution in [-0.4, -0.2) is 35.9 Å². The average Bonchev–Trinajstić information content (AvgIpc) is 3.23. The van der Waals surface area contributed by atoms with Gasteiger partial charge in [0.15, 0.2) is 6.10 Å². The lowest BCUT2D eigenvalue weighted by Crippen LogP contribution is -2.25. The van der Waals surface area contributed by atoms with E-state index in [1.165, 1.54) is 19.1 Å². The van der Waals surface area contributed by atoms with E-state index in [0.29, 0.717) is 11.3 Å². The second-order valence-electron chi connectivity index (χ2n) is 7.37. The molecule has 152 valence electrons. The van der Waals surface area contributed by atoms with Crippen LogP contribution in [0.25, 0.3) is 0 Å². The van der Waals surface area contributed by atoms with Crippen LogP contribution in [0.4, 0.5) is 11.4 Å². The third-order valence-electron chi connectivity index (χ3n) is 5.30. The van der Waals surface area contributed by atoms with E-state index < -0.39 is 17.0 Å². The van der Waals surface area contributed by atoms with E-state index in [4.69, 9.17) is 4.74 Å². The molecule has 0 aliphatic carbocycles. The number of rotatable bonds is 6. The van der Waals surface area contributed by atoms with Crippen LogP contribution in [0.2, 0.25) is 0 Å². The first kappa shape index (κ1) is 20.5. The molecule has 2 aromatic rings. The molecule has 7 nitrogen and oxygen atoms in total. The largest absolute Gasteiger partial charge is 0.451 e. The van der Waals surface area contributed by atoms with Crippen LogP contribution in [0.1, 0.15) is 51.6 Å². The summed E-state index contributed by atoms with van der Waals surface area (Å²) >= 11 is 0. The van der Waals surface area contributed by atoms with Gasteiger partial charge in [-0.2, -0.15) is 0 Å². The summed E-state index contributed by atoms with van der Waals surface area (Å²) in [6.07, 6.45) is 0.972. The number of benzene rings is 2. The van der Waals surface area contributed by atoms with E-state index in [9.17, 15) is 19.7 Å². The molecule has 7 heteroatoms. The van der Waals surface area contributed by atoms with Gasteiger partial charge in [-0.1, -0.05) is 12.1 Å². The number of aryl methyl sites for hydroxylation is 2. The lowest BCUT2D eigenvalue weighted by atomic mass is 10.0. The summed E-state index contributed by atoms with van der Waals surface area (Å²) < 4.78 is 5.30. The van der Waals surface area contributed by atoms with Crippen molar-refractivity contribution in [3.63, 3.8) is 0 Å². The summed E-state index contributed by atoms with van der Waals surface area (Å²) in [4.78, 5) is 38.0. The van der Waals surface area contributed by atoms with Crippen LogP contribution >= 0.6 is 0 Å². The van der Waals surface area contributed by atoms with Crippen LogP contribution in [0.15, 0.2) is 36.4 Å². The topological polar surface area (TPSA) is 89.8 Å². The number of nitro groups is 1. The van der Waals surface area contributed by atoms with Gasteiger partial charge in [0.1, 0.15) is 5.69 Å². The number of esters is 1. The normalized spacial score (nSPS) is 14.5. The van der Waals surface area contributed by atoms with Gasteiger partial charge in [-0.3, -0.25) is 14.9 Å². The van der Waals surface area contributed by atoms with Crippen molar-refractivity contribution >= 4 is 23.1 Å². The van der Waals surface area contributed by atoms with Crippen molar-refractivity contribution in [2.75, 3.05) is 18.0 Å². The Morgan fingerprint density at radius 2 is 1.69 bits per heavy atom. The molecule has 1 aliphatic heterocycles. The zero-order valence-corrected chi connectivity index (χ0v) is 16.8. The van der Waals surface area contributed by atoms with Crippen molar-refractivity contribution in [3.8, 4) is 0 Å². The van der Waals surface area contributed by atoms with Gasteiger partial charge in [-0.25, -0.2) is 4.79 Å². The number of anilines is 1. The van der Waals surface area contributed by atoms with Gasteiger partial charge in [-0.05, 0) is 62.9 Å². The highest BCUT2D eigenvalue weighted by atomic mass is 16.6. The molecule has 1 aliphatic rings. The Morgan fingerprint density at radius 1 is 1.03 bits per heavy atom. The molecule has 0 N–H and O–H groups in total. The monoisotopic (exact) mass is 396 g/mol. The van der Waals surface area contributed by atoms with Crippen LogP contribution < -0.4 is 4.90 Å². The zero-order valence-electron chi connectivity index (χ0n) is 16.8. The van der Waals surface area contributed by atoms with Gasteiger partial charge in [-0.15, -0.1) is 0 Å². The molecular weight excluding hydrogens is 372 g/mol. The fourth-order valence-electron chi connectivity index (χ4n) is 3.43. The molecule has 1 atom stereocenters. The van der Waals surface area contributed by atoms with Gasteiger partial charge in [0, 0.05) is 24.7 Å². The molecule has 0 unspecified atom stereocenters. The number of hydrogen-bond acceptors (Lipinski definition) is 6. The SMILES string of the molecule is Cc1ccc(C(=O)[C@H](C)OC(=O)c2ccc(N3CCCC3)c([N+](=O)[O-])c2)cc1C. The fraction of sp³-hybridized carbons (Fsp3) is 0.364. The van der Waals surface area contributed by atoms with Crippen molar-refractivity contribution in [2.45, 2.75) is 39.7 Å². The number of hydrogen-bond donors (Lipinski definition) is 0. The molecule has 0 radical (unpaired) electrons. The average molecular weight is 396 g/mol. The van der Waals surface area contributed by atoms with E-state index in [1.54, 1.807) is 18.2 Å². The molecule has 1 saturated heterocycles. The smallest absolute Gasteiger partial charge is 0.339 e. The highest BCUT2D eigenvalue weighted by Gasteiger charge is 2.26. The minimum Gasteiger partial charge on any atom is -0.451 e. The van der Waals surface area contributed by atoms with Crippen LogP contribution in [-0.2, 0) is 4.74 Å². The van der Waals surface area contributed by atoms with Crippen LogP contribution in [0.5, 0.6) is 0 Å². The van der Waals surface area contributed by atoms with E-state index in [-0.39, 0.29) is 17.0 Å². The Morgan fingerprint density at radius 3 is 2.31 bits per heavy atom. The Labute approximate surface area is 169 Å². The standard InChI is InChI=1S/C22H24N2O5/c1-14-6-7-17(12-15(14)2)21(25)16(3)29-22(26)18-8-9-19(20(13-18)24(27)28)23-10-4-5-11-23/h6-9,12-13,16H,4-5,10-11H2,1-3H3/t16-/m0/s1. The minimum atomic E-state index is -0.998. The van der Waals surface area contributed by atoms with Gasteiger partial charge in [0.2, 0.25) is 5.78 Å². The van der Waals surface area contributed by atoms with Gasteiger partial charge >= 0.3 is 5.97 Å². The van der Waals surface area contributed by atoms with Crippen molar-refractivity contribution in [1.29, 1.82) is 0 Å².